The summed E-state index contributed by atoms with van der Waals surface area (Å²) in [5.74, 6) is -2.09. The number of benzene rings is 2. The first kappa shape index (κ1) is 38.4. The van der Waals surface area contributed by atoms with E-state index in [1.54, 1.807) is 17.9 Å². The number of aromatic nitrogens is 3. The van der Waals surface area contributed by atoms with Gasteiger partial charge < -0.3 is 25.2 Å². The van der Waals surface area contributed by atoms with Crippen molar-refractivity contribution in [3.63, 3.8) is 0 Å². The molecule has 12 nitrogen and oxygen atoms in total. The minimum absolute atomic E-state index is 0.0128. The van der Waals surface area contributed by atoms with Gasteiger partial charge in [0.2, 0.25) is 17.7 Å². The minimum Gasteiger partial charge on any atom is -0.486 e. The van der Waals surface area contributed by atoms with Crippen molar-refractivity contribution in [2.75, 3.05) is 20.1 Å². The average molecular weight is 718 g/mol. The van der Waals surface area contributed by atoms with Crippen molar-refractivity contribution in [3.05, 3.63) is 77.4 Å². The number of nitrogens with one attached hydrogen (secondary N) is 2. The van der Waals surface area contributed by atoms with Crippen LogP contribution in [0.1, 0.15) is 93.3 Å². The molecule has 5 rings (SSSR count). The third-order valence-electron chi connectivity index (χ3n) is 9.78. The molecule has 13 heteroatoms. The Bertz CT molecular complexity index is 1670. The second-order valence-corrected chi connectivity index (χ2v) is 14.3. The summed E-state index contributed by atoms with van der Waals surface area (Å²) in [6.45, 7) is 5.43. The van der Waals surface area contributed by atoms with Crippen molar-refractivity contribution in [2.45, 2.75) is 109 Å². The normalized spacial score (nSPS) is 22.0. The number of likely N-dealkylation sites (N-methyl/N-ethyl adjacent to an activating group) is 1. The van der Waals surface area contributed by atoms with Gasteiger partial charge in [0.25, 0.3) is 5.91 Å². The second kappa shape index (κ2) is 18.6. The number of ether oxygens (including phenoxy) is 1. The molecule has 1 saturated heterocycles. The molecule has 280 valence electrons. The molecule has 2 N–H and O–H groups in total. The third kappa shape index (κ3) is 10.4. The molecule has 0 radical (unpaired) electrons. The molecule has 3 heterocycles. The molecule has 2 bridgehead atoms. The fraction of sp³-hybridized carbons (Fsp3) is 0.538. The quantitative estimate of drug-likeness (QED) is 0.400. The Kier molecular flexibility index (Phi) is 13.8. The zero-order valence-corrected chi connectivity index (χ0v) is 30.6. The number of nitrogens with zero attached hydrogens (tertiary/aromatic N) is 5. The van der Waals surface area contributed by atoms with Crippen LogP contribution >= 0.6 is 0 Å². The first-order valence-corrected chi connectivity index (χ1v) is 18.6. The predicted molar refractivity (Wildman–Crippen MR) is 194 cm³/mol. The molecule has 2 aliphatic rings. The van der Waals surface area contributed by atoms with Crippen molar-refractivity contribution >= 4 is 23.6 Å². The monoisotopic (exact) mass is 717 g/mol. The lowest BCUT2D eigenvalue weighted by Gasteiger charge is -2.34. The van der Waals surface area contributed by atoms with Gasteiger partial charge in [-0.15, -0.1) is 5.10 Å². The largest absolute Gasteiger partial charge is 0.486 e. The van der Waals surface area contributed by atoms with Crippen LogP contribution in [0, 0.1) is 11.7 Å². The van der Waals surface area contributed by atoms with Gasteiger partial charge in [-0.05, 0) is 61.8 Å². The van der Waals surface area contributed by atoms with Crippen LogP contribution in [-0.2, 0) is 34.0 Å². The van der Waals surface area contributed by atoms with Gasteiger partial charge in [0.05, 0.1) is 11.8 Å². The summed E-state index contributed by atoms with van der Waals surface area (Å²) in [5.41, 5.74) is 1.43. The van der Waals surface area contributed by atoms with Gasteiger partial charge in [0.1, 0.15) is 42.0 Å². The molecule has 0 aliphatic carbocycles. The van der Waals surface area contributed by atoms with E-state index < -0.39 is 35.8 Å². The van der Waals surface area contributed by atoms with Crippen LogP contribution in [0.15, 0.2) is 54.7 Å². The van der Waals surface area contributed by atoms with Crippen LogP contribution in [0.25, 0.3) is 0 Å². The molecule has 52 heavy (non-hydrogen) atoms. The zero-order chi connectivity index (χ0) is 37.0. The van der Waals surface area contributed by atoms with Crippen LogP contribution in [0.2, 0.25) is 0 Å². The van der Waals surface area contributed by atoms with Crippen LogP contribution < -0.4 is 15.4 Å². The molecule has 3 aromatic rings. The van der Waals surface area contributed by atoms with Crippen molar-refractivity contribution in [2.24, 2.45) is 5.92 Å². The number of aryl methyl sites for hydroxylation is 1. The Morgan fingerprint density at radius 3 is 2.44 bits per heavy atom. The van der Waals surface area contributed by atoms with Crippen LogP contribution in [0.5, 0.6) is 5.75 Å². The Labute approximate surface area is 305 Å². The van der Waals surface area contributed by atoms with Gasteiger partial charge in [-0.25, -0.2) is 4.39 Å². The smallest absolute Gasteiger partial charge is 0.255 e. The lowest BCUT2D eigenvalue weighted by atomic mass is 10.0. The summed E-state index contributed by atoms with van der Waals surface area (Å²) in [5, 5.41) is 14.3. The Morgan fingerprint density at radius 2 is 1.67 bits per heavy atom. The van der Waals surface area contributed by atoms with Crippen molar-refractivity contribution < 1.29 is 28.3 Å². The maximum absolute atomic E-state index is 14.5. The molecular formula is C39H52FN7O5. The van der Waals surface area contributed by atoms with Gasteiger partial charge >= 0.3 is 0 Å². The number of fused-ring (bicyclic) bond motifs is 4. The average Bonchev–Trinajstić information content (AvgIpc) is 3.81. The highest BCUT2D eigenvalue weighted by molar-refractivity contribution is 6.00. The Morgan fingerprint density at radius 1 is 0.923 bits per heavy atom. The van der Waals surface area contributed by atoms with Crippen molar-refractivity contribution in [1.29, 1.82) is 0 Å². The highest BCUT2D eigenvalue weighted by Gasteiger charge is 2.41. The molecule has 2 aliphatic heterocycles. The number of carbonyl (C=O) groups is 4. The molecule has 0 spiro atoms. The molecule has 0 unspecified atom stereocenters. The molecule has 1 fully saturated rings. The summed E-state index contributed by atoms with van der Waals surface area (Å²) in [4.78, 5) is 58.9. The third-order valence-corrected chi connectivity index (χ3v) is 9.78. The topological polar surface area (TPSA) is 139 Å². The molecular weight excluding hydrogens is 665 g/mol. The number of hydrogen-bond acceptors (Lipinski definition) is 7. The van der Waals surface area contributed by atoms with E-state index in [1.165, 1.54) is 21.9 Å². The van der Waals surface area contributed by atoms with Crippen LogP contribution in [0.3, 0.4) is 0 Å². The number of halogens is 1. The van der Waals surface area contributed by atoms with E-state index in [1.807, 2.05) is 44.2 Å². The SMILES string of the molecule is CC(C)C[C@H]1NC(=O)c2cc(F)ccc2OCc2cn(nn2)CCCCCCCCNC(=O)[C@H](Cc2ccccc2)N(C)C(=O)[C@H]2CCCN2C1=O. The summed E-state index contributed by atoms with van der Waals surface area (Å²) in [7, 11) is 1.63. The lowest BCUT2D eigenvalue weighted by molar-refractivity contribution is -0.147. The van der Waals surface area contributed by atoms with E-state index in [9.17, 15) is 23.6 Å². The summed E-state index contributed by atoms with van der Waals surface area (Å²) in [6.07, 6.45) is 9.30. The maximum atomic E-state index is 14.5. The van der Waals surface area contributed by atoms with E-state index in [0.29, 0.717) is 51.0 Å². The maximum Gasteiger partial charge on any atom is 0.255 e. The van der Waals surface area contributed by atoms with E-state index in [-0.39, 0.29) is 35.7 Å². The van der Waals surface area contributed by atoms with Gasteiger partial charge in [-0.3, -0.25) is 23.9 Å². The van der Waals surface area contributed by atoms with E-state index in [4.69, 9.17) is 4.74 Å². The first-order valence-electron chi connectivity index (χ1n) is 18.6. The summed E-state index contributed by atoms with van der Waals surface area (Å²) >= 11 is 0. The molecule has 1 aromatic heterocycles. The lowest BCUT2D eigenvalue weighted by Crippen LogP contribution is -2.57. The fourth-order valence-corrected chi connectivity index (χ4v) is 6.95. The fourth-order valence-electron chi connectivity index (χ4n) is 6.95. The highest BCUT2D eigenvalue weighted by atomic mass is 19.1. The predicted octanol–water partition coefficient (Wildman–Crippen LogP) is 4.67. The second-order valence-electron chi connectivity index (χ2n) is 14.3. The van der Waals surface area contributed by atoms with Crippen LogP contribution in [0.4, 0.5) is 4.39 Å². The Hall–Kier alpha value is -4.81. The highest BCUT2D eigenvalue weighted by Crippen LogP contribution is 2.25. The van der Waals surface area contributed by atoms with Crippen molar-refractivity contribution in [3.8, 4) is 5.75 Å². The minimum atomic E-state index is -0.982. The zero-order valence-electron chi connectivity index (χ0n) is 30.6. The van der Waals surface area contributed by atoms with Gasteiger partial charge in [0.15, 0.2) is 0 Å². The van der Waals surface area contributed by atoms with Gasteiger partial charge in [-0.2, -0.15) is 0 Å². The van der Waals surface area contributed by atoms with Gasteiger partial charge in [0, 0.05) is 33.1 Å². The number of amides is 4. The van der Waals surface area contributed by atoms with E-state index >= 15 is 0 Å². The summed E-state index contributed by atoms with van der Waals surface area (Å²) in [6, 6.07) is 10.7. The number of carbonyl (C=O) groups excluding carboxylic acids is 4. The standard InChI is InChI=1S/C39H52FN7O5/c1-27(2)22-32-38(50)47-21-13-16-33(47)39(51)45(3)34(23-28-14-9-8-10-15-28)37(49)41-19-11-6-4-5-7-12-20-46-25-30(43-44-46)26-52-35-18-17-29(40)24-31(35)36(48)42-32/h8-10,14-15,17-18,24-25,27,32-34H,4-7,11-13,16,19-23,26H2,1-3H3,(H,41,49)(H,42,48)/t32-,33-,34+/m1/s1. The summed E-state index contributed by atoms with van der Waals surface area (Å²) < 4.78 is 22.2. The number of rotatable bonds is 4. The van der Waals surface area contributed by atoms with Crippen molar-refractivity contribution in [1.82, 2.24) is 35.4 Å². The van der Waals surface area contributed by atoms with Crippen LogP contribution in [-0.4, -0.2) is 86.7 Å². The molecule has 0 saturated carbocycles. The first-order chi connectivity index (χ1) is 25.1. The molecule has 2 aromatic carbocycles. The Balaban J connectivity index is 1.41. The molecule has 4 amide bonds. The number of hydrogen-bond donors (Lipinski definition) is 2. The molecule has 3 atom stereocenters. The van der Waals surface area contributed by atoms with E-state index in [0.717, 1.165) is 50.2 Å². The van der Waals surface area contributed by atoms with Gasteiger partial charge in [-0.1, -0.05) is 75.1 Å². The van der Waals surface area contributed by atoms with E-state index in [2.05, 4.69) is 20.9 Å².